The summed E-state index contributed by atoms with van der Waals surface area (Å²) in [6.07, 6.45) is 0.517. The molecule has 3 heteroatoms. The van der Waals surface area contributed by atoms with Gasteiger partial charge in [0, 0.05) is 25.0 Å². The molecule has 0 atom stereocenters. The molecule has 0 saturated heterocycles. The SMILES string of the molecule is Cc1ccccc1CNC(=O)CCNC(C)(C)C. The standard InChI is InChI=1S/C15H24N2O/c1-12-7-5-6-8-13(12)11-16-14(18)9-10-17-15(2,3)4/h5-8,17H,9-11H2,1-4H3,(H,16,18). The van der Waals surface area contributed by atoms with Gasteiger partial charge < -0.3 is 10.6 Å². The van der Waals surface area contributed by atoms with Gasteiger partial charge in [0.1, 0.15) is 0 Å². The van der Waals surface area contributed by atoms with Gasteiger partial charge in [-0.05, 0) is 38.8 Å². The third-order valence-electron chi connectivity index (χ3n) is 2.74. The lowest BCUT2D eigenvalue weighted by molar-refractivity contribution is -0.121. The molecule has 1 rings (SSSR count). The van der Waals surface area contributed by atoms with Crippen LogP contribution in [0.2, 0.25) is 0 Å². The van der Waals surface area contributed by atoms with Gasteiger partial charge in [0.05, 0.1) is 0 Å². The molecule has 0 aliphatic rings. The Bertz CT molecular complexity index is 394. The van der Waals surface area contributed by atoms with Gasteiger partial charge in [0.15, 0.2) is 0 Å². The summed E-state index contributed by atoms with van der Waals surface area (Å²) in [5, 5.41) is 6.25. The van der Waals surface area contributed by atoms with E-state index in [0.29, 0.717) is 19.5 Å². The Morgan fingerprint density at radius 2 is 1.89 bits per heavy atom. The van der Waals surface area contributed by atoms with E-state index in [0.717, 1.165) is 0 Å². The smallest absolute Gasteiger partial charge is 0.221 e. The van der Waals surface area contributed by atoms with Gasteiger partial charge in [-0.1, -0.05) is 24.3 Å². The topological polar surface area (TPSA) is 41.1 Å². The Kier molecular flexibility index (Phi) is 5.35. The second-order valence-electron chi connectivity index (χ2n) is 5.63. The van der Waals surface area contributed by atoms with Crippen molar-refractivity contribution >= 4 is 5.91 Å². The summed E-state index contributed by atoms with van der Waals surface area (Å²) >= 11 is 0. The Hall–Kier alpha value is -1.35. The predicted octanol–water partition coefficient (Wildman–Crippen LogP) is 2.39. The maximum atomic E-state index is 11.7. The number of nitrogens with one attached hydrogen (secondary N) is 2. The second kappa shape index (κ2) is 6.55. The van der Waals surface area contributed by atoms with Crippen molar-refractivity contribution in [3.63, 3.8) is 0 Å². The maximum Gasteiger partial charge on any atom is 0.221 e. The predicted molar refractivity (Wildman–Crippen MR) is 75.4 cm³/mol. The average Bonchev–Trinajstić information content (AvgIpc) is 2.26. The second-order valence-corrected chi connectivity index (χ2v) is 5.63. The first-order chi connectivity index (χ1) is 8.38. The number of aryl methyl sites for hydroxylation is 1. The minimum atomic E-state index is 0.0658. The van der Waals surface area contributed by atoms with Crippen molar-refractivity contribution in [1.82, 2.24) is 10.6 Å². The summed E-state index contributed by atoms with van der Waals surface area (Å²) in [6, 6.07) is 8.11. The van der Waals surface area contributed by atoms with Gasteiger partial charge >= 0.3 is 0 Å². The number of benzene rings is 1. The first kappa shape index (κ1) is 14.7. The van der Waals surface area contributed by atoms with Crippen molar-refractivity contribution in [2.45, 2.75) is 46.2 Å². The molecule has 0 saturated carbocycles. The van der Waals surface area contributed by atoms with Gasteiger partial charge in [-0.25, -0.2) is 0 Å². The van der Waals surface area contributed by atoms with Crippen LogP contribution in [0.25, 0.3) is 0 Å². The molecule has 1 aromatic rings. The van der Waals surface area contributed by atoms with Crippen LogP contribution >= 0.6 is 0 Å². The quantitative estimate of drug-likeness (QED) is 0.840. The molecular weight excluding hydrogens is 224 g/mol. The van der Waals surface area contributed by atoms with E-state index in [4.69, 9.17) is 0 Å². The van der Waals surface area contributed by atoms with Crippen LogP contribution in [0.3, 0.4) is 0 Å². The summed E-state index contributed by atoms with van der Waals surface area (Å²) in [5.74, 6) is 0.0926. The van der Waals surface area contributed by atoms with E-state index in [1.165, 1.54) is 11.1 Å². The highest BCUT2D eigenvalue weighted by Gasteiger charge is 2.09. The molecule has 0 spiro atoms. The van der Waals surface area contributed by atoms with Gasteiger partial charge in [-0.2, -0.15) is 0 Å². The fourth-order valence-corrected chi connectivity index (χ4v) is 1.64. The van der Waals surface area contributed by atoms with E-state index < -0.39 is 0 Å². The molecule has 1 aromatic carbocycles. The van der Waals surface area contributed by atoms with Gasteiger partial charge in [0.2, 0.25) is 5.91 Å². The maximum absolute atomic E-state index is 11.7. The van der Waals surface area contributed by atoms with Crippen LogP contribution in [-0.4, -0.2) is 18.0 Å². The summed E-state index contributed by atoms with van der Waals surface area (Å²) in [7, 11) is 0. The number of carbonyl (C=O) groups is 1. The minimum Gasteiger partial charge on any atom is -0.352 e. The van der Waals surface area contributed by atoms with Crippen molar-refractivity contribution in [3.8, 4) is 0 Å². The van der Waals surface area contributed by atoms with Crippen molar-refractivity contribution in [2.24, 2.45) is 0 Å². The molecule has 3 nitrogen and oxygen atoms in total. The third kappa shape index (κ3) is 5.82. The molecule has 0 aliphatic carbocycles. The van der Waals surface area contributed by atoms with E-state index in [-0.39, 0.29) is 11.4 Å². The monoisotopic (exact) mass is 248 g/mol. The molecular formula is C15H24N2O. The van der Waals surface area contributed by atoms with Crippen LogP contribution < -0.4 is 10.6 Å². The highest BCUT2D eigenvalue weighted by atomic mass is 16.1. The lowest BCUT2D eigenvalue weighted by Gasteiger charge is -2.20. The molecule has 100 valence electrons. The molecule has 0 aromatic heterocycles. The Morgan fingerprint density at radius 1 is 1.22 bits per heavy atom. The Labute approximate surface area is 110 Å². The normalized spacial score (nSPS) is 11.3. The zero-order valence-corrected chi connectivity index (χ0v) is 11.8. The number of rotatable bonds is 5. The summed E-state index contributed by atoms with van der Waals surface area (Å²) < 4.78 is 0. The number of carbonyl (C=O) groups excluding carboxylic acids is 1. The van der Waals surface area contributed by atoms with E-state index in [9.17, 15) is 4.79 Å². The third-order valence-corrected chi connectivity index (χ3v) is 2.74. The molecule has 0 unspecified atom stereocenters. The zero-order chi connectivity index (χ0) is 13.6. The minimum absolute atomic E-state index is 0.0658. The lowest BCUT2D eigenvalue weighted by atomic mass is 10.1. The van der Waals surface area contributed by atoms with Crippen LogP contribution in [0.15, 0.2) is 24.3 Å². The Morgan fingerprint density at radius 3 is 2.50 bits per heavy atom. The van der Waals surface area contributed by atoms with Crippen LogP contribution in [0.1, 0.15) is 38.3 Å². The van der Waals surface area contributed by atoms with E-state index in [2.05, 4.69) is 44.4 Å². The zero-order valence-electron chi connectivity index (χ0n) is 11.8. The molecule has 2 N–H and O–H groups in total. The van der Waals surface area contributed by atoms with Crippen LogP contribution in [0.5, 0.6) is 0 Å². The van der Waals surface area contributed by atoms with Crippen molar-refractivity contribution < 1.29 is 4.79 Å². The van der Waals surface area contributed by atoms with Crippen molar-refractivity contribution in [1.29, 1.82) is 0 Å². The fourth-order valence-electron chi connectivity index (χ4n) is 1.64. The molecule has 18 heavy (non-hydrogen) atoms. The average molecular weight is 248 g/mol. The van der Waals surface area contributed by atoms with Crippen molar-refractivity contribution in [2.75, 3.05) is 6.54 Å². The van der Waals surface area contributed by atoms with Crippen LogP contribution in [0, 0.1) is 6.92 Å². The van der Waals surface area contributed by atoms with E-state index >= 15 is 0 Å². The summed E-state index contributed by atoms with van der Waals surface area (Å²) in [5.41, 5.74) is 2.45. The largest absolute Gasteiger partial charge is 0.352 e. The molecule has 0 bridgehead atoms. The highest BCUT2D eigenvalue weighted by molar-refractivity contribution is 5.76. The van der Waals surface area contributed by atoms with Gasteiger partial charge in [0.25, 0.3) is 0 Å². The van der Waals surface area contributed by atoms with Crippen LogP contribution in [0.4, 0.5) is 0 Å². The summed E-state index contributed by atoms with van der Waals surface area (Å²) in [4.78, 5) is 11.7. The fraction of sp³-hybridized carbons (Fsp3) is 0.533. The number of hydrogen-bond acceptors (Lipinski definition) is 2. The molecule has 1 amide bonds. The van der Waals surface area contributed by atoms with Crippen LogP contribution in [-0.2, 0) is 11.3 Å². The molecule has 0 aliphatic heterocycles. The highest BCUT2D eigenvalue weighted by Crippen LogP contribution is 2.06. The first-order valence-electron chi connectivity index (χ1n) is 6.45. The van der Waals surface area contributed by atoms with E-state index in [1.54, 1.807) is 0 Å². The number of amides is 1. The van der Waals surface area contributed by atoms with Gasteiger partial charge in [-0.15, -0.1) is 0 Å². The van der Waals surface area contributed by atoms with E-state index in [1.807, 2.05) is 18.2 Å². The summed E-state index contributed by atoms with van der Waals surface area (Å²) in [6.45, 7) is 9.67. The van der Waals surface area contributed by atoms with Crippen molar-refractivity contribution in [3.05, 3.63) is 35.4 Å². The molecule has 0 radical (unpaired) electrons. The Balaban J connectivity index is 2.28. The first-order valence-corrected chi connectivity index (χ1v) is 6.45. The molecule has 0 fully saturated rings. The number of hydrogen-bond donors (Lipinski definition) is 2. The molecule has 0 heterocycles. The van der Waals surface area contributed by atoms with Gasteiger partial charge in [-0.3, -0.25) is 4.79 Å². The lowest BCUT2D eigenvalue weighted by Crippen LogP contribution is -2.38.